The minimum Gasteiger partial charge on any atom is -0.495 e. The van der Waals surface area contributed by atoms with Gasteiger partial charge in [-0.3, -0.25) is 4.79 Å². The van der Waals surface area contributed by atoms with Crippen LogP contribution in [-0.4, -0.2) is 13.0 Å². The molecule has 0 atom stereocenters. The summed E-state index contributed by atoms with van der Waals surface area (Å²) in [5.41, 5.74) is 0.730. The van der Waals surface area contributed by atoms with Crippen LogP contribution >= 0.6 is 15.9 Å². The summed E-state index contributed by atoms with van der Waals surface area (Å²) in [5.74, 6) is 1.51. The van der Waals surface area contributed by atoms with Crippen LogP contribution in [-0.2, 0) is 4.79 Å². The van der Waals surface area contributed by atoms with Crippen molar-refractivity contribution >= 4 is 27.5 Å². The molecular formula is C15H20BrNO2. The van der Waals surface area contributed by atoms with Gasteiger partial charge in [-0.05, 0) is 30.5 Å². The average Bonchev–Trinajstić information content (AvgIpc) is 2.90. The van der Waals surface area contributed by atoms with E-state index in [-0.39, 0.29) is 5.91 Å². The number of halogens is 1. The van der Waals surface area contributed by atoms with Crippen molar-refractivity contribution in [2.75, 3.05) is 12.4 Å². The molecule has 1 fully saturated rings. The smallest absolute Gasteiger partial charge is 0.224 e. The van der Waals surface area contributed by atoms with Gasteiger partial charge in [-0.25, -0.2) is 0 Å². The van der Waals surface area contributed by atoms with Crippen molar-refractivity contribution in [3.05, 3.63) is 22.7 Å². The highest BCUT2D eigenvalue weighted by molar-refractivity contribution is 9.10. The van der Waals surface area contributed by atoms with E-state index in [1.165, 1.54) is 25.7 Å². The molecule has 3 nitrogen and oxygen atoms in total. The summed E-state index contributed by atoms with van der Waals surface area (Å²) < 4.78 is 6.17. The first-order valence-electron chi connectivity index (χ1n) is 6.82. The first-order valence-corrected chi connectivity index (χ1v) is 7.61. The van der Waals surface area contributed by atoms with Crippen LogP contribution in [0.2, 0.25) is 0 Å². The van der Waals surface area contributed by atoms with Gasteiger partial charge in [-0.15, -0.1) is 0 Å². The Balaban J connectivity index is 1.88. The molecule has 1 aromatic rings. The third kappa shape index (κ3) is 4.23. The summed E-state index contributed by atoms with van der Waals surface area (Å²) in [5, 5.41) is 2.93. The first-order chi connectivity index (χ1) is 9.19. The number of anilines is 1. The SMILES string of the molecule is COc1ccc(Br)cc1NC(=O)CCC1CCCC1. The Hall–Kier alpha value is -1.03. The summed E-state index contributed by atoms with van der Waals surface area (Å²) in [6, 6.07) is 5.61. The van der Waals surface area contributed by atoms with E-state index in [0.717, 1.165) is 22.5 Å². The number of hydrogen-bond acceptors (Lipinski definition) is 2. The van der Waals surface area contributed by atoms with Crippen molar-refractivity contribution in [3.8, 4) is 5.75 Å². The number of carbonyl (C=O) groups excluding carboxylic acids is 1. The fourth-order valence-electron chi connectivity index (χ4n) is 2.62. The Morgan fingerprint density at radius 2 is 2.16 bits per heavy atom. The lowest BCUT2D eigenvalue weighted by Crippen LogP contribution is -2.13. The predicted octanol–water partition coefficient (Wildman–Crippen LogP) is 4.37. The van der Waals surface area contributed by atoms with Gasteiger partial charge in [0.15, 0.2) is 0 Å². The molecule has 0 unspecified atom stereocenters. The van der Waals surface area contributed by atoms with Gasteiger partial charge < -0.3 is 10.1 Å². The zero-order chi connectivity index (χ0) is 13.7. The molecule has 1 amide bonds. The number of hydrogen-bond donors (Lipinski definition) is 1. The summed E-state index contributed by atoms with van der Waals surface area (Å²) in [6.45, 7) is 0. The Morgan fingerprint density at radius 1 is 1.42 bits per heavy atom. The molecule has 2 rings (SSSR count). The number of rotatable bonds is 5. The van der Waals surface area contributed by atoms with Crippen molar-refractivity contribution in [1.82, 2.24) is 0 Å². The molecule has 1 aliphatic rings. The van der Waals surface area contributed by atoms with Crippen molar-refractivity contribution in [2.45, 2.75) is 38.5 Å². The number of nitrogens with one attached hydrogen (secondary N) is 1. The fourth-order valence-corrected chi connectivity index (χ4v) is 2.99. The van der Waals surface area contributed by atoms with Gasteiger partial charge >= 0.3 is 0 Å². The van der Waals surface area contributed by atoms with E-state index in [1.54, 1.807) is 7.11 Å². The van der Waals surface area contributed by atoms with Gasteiger partial charge in [0.1, 0.15) is 5.75 Å². The van der Waals surface area contributed by atoms with Crippen LogP contribution in [0.1, 0.15) is 38.5 Å². The Morgan fingerprint density at radius 3 is 2.84 bits per heavy atom. The summed E-state index contributed by atoms with van der Waals surface area (Å²) in [7, 11) is 1.61. The number of ether oxygens (including phenoxy) is 1. The third-order valence-corrected chi connectivity index (χ3v) is 4.18. The molecule has 0 aromatic heterocycles. The van der Waals surface area contributed by atoms with Gasteiger partial charge in [-0.2, -0.15) is 0 Å². The van der Waals surface area contributed by atoms with E-state index < -0.39 is 0 Å². The largest absolute Gasteiger partial charge is 0.495 e. The van der Waals surface area contributed by atoms with Crippen LogP contribution in [0.4, 0.5) is 5.69 Å². The van der Waals surface area contributed by atoms with Gasteiger partial charge in [-0.1, -0.05) is 41.6 Å². The molecule has 4 heteroatoms. The van der Waals surface area contributed by atoms with Crippen molar-refractivity contribution < 1.29 is 9.53 Å². The van der Waals surface area contributed by atoms with E-state index >= 15 is 0 Å². The topological polar surface area (TPSA) is 38.3 Å². The van der Waals surface area contributed by atoms with Crippen LogP contribution in [0.25, 0.3) is 0 Å². The minimum atomic E-state index is 0.0725. The first kappa shape index (κ1) is 14.4. The Labute approximate surface area is 122 Å². The van der Waals surface area contributed by atoms with Crippen molar-refractivity contribution in [1.29, 1.82) is 0 Å². The quantitative estimate of drug-likeness (QED) is 0.873. The van der Waals surface area contributed by atoms with Gasteiger partial charge in [0.2, 0.25) is 5.91 Å². The maximum absolute atomic E-state index is 12.0. The van der Waals surface area contributed by atoms with Crippen LogP contribution in [0, 0.1) is 5.92 Å². The lowest BCUT2D eigenvalue weighted by atomic mass is 10.0. The van der Waals surface area contributed by atoms with Crippen LogP contribution in [0.5, 0.6) is 5.75 Å². The molecule has 0 saturated heterocycles. The second-order valence-electron chi connectivity index (χ2n) is 5.08. The number of benzene rings is 1. The highest BCUT2D eigenvalue weighted by atomic mass is 79.9. The van der Waals surface area contributed by atoms with Crippen molar-refractivity contribution in [3.63, 3.8) is 0 Å². The maximum Gasteiger partial charge on any atom is 0.224 e. The van der Waals surface area contributed by atoms with Gasteiger partial charge in [0.25, 0.3) is 0 Å². The second-order valence-corrected chi connectivity index (χ2v) is 6.00. The molecule has 1 aromatic carbocycles. The zero-order valence-corrected chi connectivity index (χ0v) is 12.8. The molecule has 104 valence electrons. The highest BCUT2D eigenvalue weighted by Crippen LogP contribution is 2.30. The molecule has 1 aliphatic carbocycles. The summed E-state index contributed by atoms with van der Waals surface area (Å²) in [4.78, 5) is 12.0. The molecule has 0 radical (unpaired) electrons. The van der Waals surface area contributed by atoms with E-state index in [0.29, 0.717) is 12.2 Å². The second kappa shape index (κ2) is 6.94. The Kier molecular flexibility index (Phi) is 5.25. The molecule has 1 N–H and O–H groups in total. The van der Waals surface area contributed by atoms with E-state index in [4.69, 9.17) is 4.74 Å². The highest BCUT2D eigenvalue weighted by Gasteiger charge is 2.16. The van der Waals surface area contributed by atoms with Gasteiger partial charge in [0, 0.05) is 10.9 Å². The van der Waals surface area contributed by atoms with Gasteiger partial charge in [0.05, 0.1) is 12.8 Å². The molecule has 19 heavy (non-hydrogen) atoms. The molecule has 0 bridgehead atoms. The van der Waals surface area contributed by atoms with E-state index in [9.17, 15) is 4.79 Å². The third-order valence-electron chi connectivity index (χ3n) is 3.69. The van der Waals surface area contributed by atoms with Crippen LogP contribution in [0.15, 0.2) is 22.7 Å². The van der Waals surface area contributed by atoms with Crippen molar-refractivity contribution in [2.24, 2.45) is 5.92 Å². The zero-order valence-electron chi connectivity index (χ0n) is 11.2. The number of amides is 1. The Bertz CT molecular complexity index is 442. The fraction of sp³-hybridized carbons (Fsp3) is 0.533. The van der Waals surface area contributed by atoms with E-state index in [1.807, 2.05) is 18.2 Å². The average molecular weight is 326 g/mol. The number of carbonyl (C=O) groups is 1. The normalized spacial score (nSPS) is 15.5. The summed E-state index contributed by atoms with van der Waals surface area (Å²) in [6.07, 6.45) is 6.82. The molecule has 1 saturated carbocycles. The standard InChI is InChI=1S/C15H20BrNO2/c1-19-14-8-7-12(16)10-13(14)17-15(18)9-6-11-4-2-3-5-11/h7-8,10-11H,2-6,9H2,1H3,(H,17,18). The van der Waals surface area contributed by atoms with Crippen LogP contribution in [0.3, 0.4) is 0 Å². The lowest BCUT2D eigenvalue weighted by molar-refractivity contribution is -0.116. The molecular weight excluding hydrogens is 306 g/mol. The van der Waals surface area contributed by atoms with E-state index in [2.05, 4.69) is 21.2 Å². The summed E-state index contributed by atoms with van der Waals surface area (Å²) >= 11 is 3.40. The monoisotopic (exact) mass is 325 g/mol. The number of methoxy groups -OCH3 is 1. The lowest BCUT2D eigenvalue weighted by Gasteiger charge is -2.12. The minimum absolute atomic E-state index is 0.0725. The molecule has 0 aliphatic heterocycles. The predicted molar refractivity (Wildman–Crippen MR) is 80.5 cm³/mol. The molecule has 0 heterocycles. The van der Waals surface area contributed by atoms with Crippen LogP contribution < -0.4 is 10.1 Å². The molecule has 0 spiro atoms. The maximum atomic E-state index is 12.0.